The molecule has 0 radical (unpaired) electrons. The van der Waals surface area contributed by atoms with E-state index in [2.05, 4.69) is 28.1 Å². The third-order valence-electron chi connectivity index (χ3n) is 2.06. The number of hydrogen-bond donors (Lipinski definition) is 0. The average Bonchev–Trinajstić information content (AvgIpc) is 2.08. The van der Waals surface area contributed by atoms with Crippen molar-refractivity contribution in [3.63, 3.8) is 0 Å². The zero-order valence-electron chi connectivity index (χ0n) is 8.10. The highest BCUT2D eigenvalue weighted by Crippen LogP contribution is 2.27. The van der Waals surface area contributed by atoms with Gasteiger partial charge in [-0.25, -0.2) is 0 Å². The van der Waals surface area contributed by atoms with Gasteiger partial charge in [-0.2, -0.15) is 0 Å². The van der Waals surface area contributed by atoms with Crippen LogP contribution in [0.15, 0.2) is 18.2 Å². The van der Waals surface area contributed by atoms with Crippen LogP contribution in [0, 0.1) is 13.8 Å². The Labute approximate surface area is 87.3 Å². The van der Waals surface area contributed by atoms with Crippen LogP contribution >= 0.6 is 15.9 Å². The van der Waals surface area contributed by atoms with Gasteiger partial charge in [-0.05, 0) is 31.9 Å². The first kappa shape index (κ1) is 10.5. The first-order valence-corrected chi connectivity index (χ1v) is 5.15. The number of benzene rings is 1. The maximum atomic E-state index is 11.2. The second kappa shape index (κ2) is 4.05. The molecule has 0 saturated heterocycles. The molecule has 2 heteroatoms. The number of Topliss-reactive ketones (excluding diaryl/α,β-unsaturated/α-hetero) is 1. The highest BCUT2D eigenvalue weighted by atomic mass is 79.9. The van der Waals surface area contributed by atoms with Crippen LogP contribution in [0.25, 0.3) is 0 Å². The molecule has 0 heterocycles. The van der Waals surface area contributed by atoms with Crippen molar-refractivity contribution in [3.8, 4) is 0 Å². The summed E-state index contributed by atoms with van der Waals surface area (Å²) in [7, 11) is 0. The molecular weight excluding hydrogens is 228 g/mol. The molecule has 0 saturated carbocycles. The monoisotopic (exact) mass is 240 g/mol. The molecule has 70 valence electrons. The Hall–Kier alpha value is -0.630. The van der Waals surface area contributed by atoms with E-state index in [1.807, 2.05) is 19.9 Å². The van der Waals surface area contributed by atoms with E-state index in [9.17, 15) is 4.79 Å². The van der Waals surface area contributed by atoms with E-state index < -0.39 is 0 Å². The van der Waals surface area contributed by atoms with Gasteiger partial charge in [0, 0.05) is 0 Å². The zero-order chi connectivity index (χ0) is 10.0. The standard InChI is InChI=1S/C11H13BrO/c1-7-4-5-8(2)10(6-7)11(12)9(3)13/h4-6,11H,1-3H3. The molecule has 0 fully saturated rings. The van der Waals surface area contributed by atoms with Gasteiger partial charge in [0.15, 0.2) is 0 Å². The Morgan fingerprint density at radius 2 is 2.00 bits per heavy atom. The molecule has 0 N–H and O–H groups in total. The van der Waals surface area contributed by atoms with Crippen molar-refractivity contribution in [2.24, 2.45) is 0 Å². The van der Waals surface area contributed by atoms with Crippen LogP contribution in [0.4, 0.5) is 0 Å². The van der Waals surface area contributed by atoms with Gasteiger partial charge in [-0.1, -0.05) is 39.7 Å². The smallest absolute Gasteiger partial charge is 0.147 e. The lowest BCUT2D eigenvalue weighted by Crippen LogP contribution is -2.03. The van der Waals surface area contributed by atoms with Crippen LogP contribution in [-0.2, 0) is 4.79 Å². The Balaban J connectivity index is 3.12. The Bertz CT molecular complexity index is 331. The number of aryl methyl sites for hydroxylation is 2. The van der Waals surface area contributed by atoms with Gasteiger partial charge in [0.1, 0.15) is 5.78 Å². The van der Waals surface area contributed by atoms with Crippen LogP contribution in [0.2, 0.25) is 0 Å². The van der Waals surface area contributed by atoms with Crippen LogP contribution in [0.5, 0.6) is 0 Å². The number of halogens is 1. The number of carbonyl (C=O) groups is 1. The van der Waals surface area contributed by atoms with Crippen molar-refractivity contribution in [2.75, 3.05) is 0 Å². The van der Waals surface area contributed by atoms with Crippen LogP contribution in [-0.4, -0.2) is 5.78 Å². The summed E-state index contributed by atoms with van der Waals surface area (Å²) in [6.45, 7) is 5.65. The molecule has 0 amide bonds. The van der Waals surface area contributed by atoms with Gasteiger partial charge in [-0.3, -0.25) is 4.79 Å². The second-order valence-electron chi connectivity index (χ2n) is 3.33. The first-order chi connectivity index (χ1) is 6.02. The maximum absolute atomic E-state index is 11.2. The Morgan fingerprint density at radius 3 is 2.54 bits per heavy atom. The molecule has 13 heavy (non-hydrogen) atoms. The molecule has 1 nitrogen and oxygen atoms in total. The number of carbonyl (C=O) groups excluding carboxylic acids is 1. The van der Waals surface area contributed by atoms with Crippen LogP contribution < -0.4 is 0 Å². The van der Waals surface area contributed by atoms with Crippen molar-refractivity contribution in [3.05, 3.63) is 34.9 Å². The van der Waals surface area contributed by atoms with E-state index in [-0.39, 0.29) is 10.6 Å². The van der Waals surface area contributed by atoms with Crippen molar-refractivity contribution < 1.29 is 4.79 Å². The number of hydrogen-bond acceptors (Lipinski definition) is 1. The summed E-state index contributed by atoms with van der Waals surface area (Å²) in [6.07, 6.45) is 0. The van der Waals surface area contributed by atoms with E-state index in [1.54, 1.807) is 6.92 Å². The zero-order valence-corrected chi connectivity index (χ0v) is 9.68. The SMILES string of the molecule is CC(=O)C(Br)c1cc(C)ccc1C. The van der Waals surface area contributed by atoms with Gasteiger partial charge in [0.05, 0.1) is 4.83 Å². The number of alkyl halides is 1. The molecule has 0 aliphatic rings. The topological polar surface area (TPSA) is 17.1 Å². The molecule has 1 aromatic rings. The molecule has 0 aromatic heterocycles. The molecule has 1 aromatic carbocycles. The molecule has 0 aliphatic heterocycles. The van der Waals surface area contributed by atoms with E-state index in [4.69, 9.17) is 0 Å². The predicted octanol–water partition coefficient (Wildman–Crippen LogP) is 3.33. The fourth-order valence-corrected chi connectivity index (χ4v) is 1.75. The third kappa shape index (κ3) is 2.41. The predicted molar refractivity (Wildman–Crippen MR) is 58.3 cm³/mol. The van der Waals surface area contributed by atoms with Gasteiger partial charge >= 0.3 is 0 Å². The van der Waals surface area contributed by atoms with Crippen molar-refractivity contribution in [1.29, 1.82) is 0 Å². The summed E-state index contributed by atoms with van der Waals surface area (Å²) in [6, 6.07) is 6.15. The van der Waals surface area contributed by atoms with Crippen molar-refractivity contribution >= 4 is 21.7 Å². The molecule has 1 atom stereocenters. The fourth-order valence-electron chi connectivity index (χ4n) is 1.25. The first-order valence-electron chi connectivity index (χ1n) is 4.24. The van der Waals surface area contributed by atoms with Crippen LogP contribution in [0.1, 0.15) is 28.4 Å². The molecule has 1 unspecified atom stereocenters. The highest BCUT2D eigenvalue weighted by Gasteiger charge is 2.14. The van der Waals surface area contributed by atoms with Gasteiger partial charge in [0.25, 0.3) is 0 Å². The fraction of sp³-hybridized carbons (Fsp3) is 0.364. The van der Waals surface area contributed by atoms with E-state index in [0.29, 0.717) is 0 Å². The van der Waals surface area contributed by atoms with Gasteiger partial charge in [-0.15, -0.1) is 0 Å². The molecule has 0 spiro atoms. The van der Waals surface area contributed by atoms with Gasteiger partial charge in [0.2, 0.25) is 0 Å². The highest BCUT2D eigenvalue weighted by molar-refractivity contribution is 9.09. The average molecular weight is 241 g/mol. The molecule has 0 bridgehead atoms. The molecule has 0 aliphatic carbocycles. The molecular formula is C11H13BrO. The van der Waals surface area contributed by atoms with Crippen molar-refractivity contribution in [1.82, 2.24) is 0 Å². The van der Waals surface area contributed by atoms with Crippen LogP contribution in [0.3, 0.4) is 0 Å². The summed E-state index contributed by atoms with van der Waals surface area (Å²) in [5.74, 6) is 0.147. The third-order valence-corrected chi connectivity index (χ3v) is 3.20. The van der Waals surface area contributed by atoms with Crippen molar-refractivity contribution in [2.45, 2.75) is 25.6 Å². The van der Waals surface area contributed by atoms with E-state index >= 15 is 0 Å². The summed E-state index contributed by atoms with van der Waals surface area (Å²) in [4.78, 5) is 11.0. The summed E-state index contributed by atoms with van der Waals surface area (Å²) < 4.78 is 0. The number of rotatable bonds is 2. The summed E-state index contributed by atoms with van der Waals surface area (Å²) in [5, 5.41) is 0. The lowest BCUT2D eigenvalue weighted by Gasteiger charge is -2.10. The quantitative estimate of drug-likeness (QED) is 0.726. The summed E-state index contributed by atoms with van der Waals surface area (Å²) >= 11 is 3.39. The second-order valence-corrected chi connectivity index (χ2v) is 4.25. The largest absolute Gasteiger partial charge is 0.298 e. The Morgan fingerprint density at radius 1 is 1.38 bits per heavy atom. The lowest BCUT2D eigenvalue weighted by molar-refractivity contribution is -0.116. The minimum atomic E-state index is -0.160. The van der Waals surface area contributed by atoms with E-state index in [1.165, 1.54) is 5.56 Å². The normalized spacial score (nSPS) is 12.6. The minimum absolute atomic E-state index is 0.147. The minimum Gasteiger partial charge on any atom is -0.298 e. The Kier molecular flexibility index (Phi) is 3.26. The van der Waals surface area contributed by atoms with Gasteiger partial charge < -0.3 is 0 Å². The van der Waals surface area contributed by atoms with E-state index in [0.717, 1.165) is 11.1 Å². The number of ketones is 1. The summed E-state index contributed by atoms with van der Waals surface area (Å²) in [5.41, 5.74) is 3.42. The molecule has 1 rings (SSSR count). The maximum Gasteiger partial charge on any atom is 0.147 e. The lowest BCUT2D eigenvalue weighted by atomic mass is 10.0.